The van der Waals surface area contributed by atoms with Crippen molar-refractivity contribution < 1.29 is 14.5 Å². The number of imide groups is 1. The number of amides is 2. The lowest BCUT2D eigenvalue weighted by atomic mass is 9.94. The van der Waals surface area contributed by atoms with Gasteiger partial charge in [-0.2, -0.15) is 10.1 Å². The quantitative estimate of drug-likeness (QED) is 0.220. The molecule has 7 nitrogen and oxygen atoms in total. The highest BCUT2D eigenvalue weighted by Gasteiger charge is 2.34. The van der Waals surface area contributed by atoms with Crippen LogP contribution in [-0.2, 0) is 0 Å². The van der Waals surface area contributed by atoms with Crippen molar-refractivity contribution >= 4 is 45.3 Å². The Hall–Kier alpha value is -4.39. The zero-order chi connectivity index (χ0) is 20.8. The standard InChI is InChI=1S/C23H13N3O4/c27-22-18-7-3-6-17-20(26(29)30)11-10-19(21(17)18)23(28)25(22)24-13-14-8-9-15-4-1-2-5-16(15)12-14/h1-13H/b24-13-. The van der Waals surface area contributed by atoms with Crippen LogP contribution in [-0.4, -0.2) is 28.0 Å². The largest absolute Gasteiger partial charge is 0.282 e. The first kappa shape index (κ1) is 17.7. The van der Waals surface area contributed by atoms with Gasteiger partial charge in [0.15, 0.2) is 0 Å². The van der Waals surface area contributed by atoms with Gasteiger partial charge in [0.2, 0.25) is 0 Å². The third-order valence-electron chi connectivity index (χ3n) is 5.16. The molecule has 0 aromatic heterocycles. The van der Waals surface area contributed by atoms with Crippen molar-refractivity contribution in [2.45, 2.75) is 0 Å². The molecule has 0 N–H and O–H groups in total. The SMILES string of the molecule is O=C1c2cccc3c([N+](=O)[O-])ccc(c23)C(=O)N1/N=C\c1ccc2ccccc2c1. The lowest BCUT2D eigenvalue weighted by Crippen LogP contribution is -2.36. The molecule has 2 amide bonds. The minimum absolute atomic E-state index is 0.149. The minimum Gasteiger partial charge on any atom is -0.267 e. The molecular weight excluding hydrogens is 382 g/mol. The van der Waals surface area contributed by atoms with Crippen LogP contribution in [0, 0.1) is 10.1 Å². The first-order valence-electron chi connectivity index (χ1n) is 9.16. The number of hydrogen-bond acceptors (Lipinski definition) is 5. The van der Waals surface area contributed by atoms with Gasteiger partial charge in [0, 0.05) is 11.5 Å². The summed E-state index contributed by atoms with van der Waals surface area (Å²) < 4.78 is 0. The van der Waals surface area contributed by atoms with Crippen LogP contribution in [0.3, 0.4) is 0 Å². The molecule has 0 atom stereocenters. The van der Waals surface area contributed by atoms with Gasteiger partial charge in [-0.1, -0.05) is 42.5 Å². The zero-order valence-corrected chi connectivity index (χ0v) is 15.5. The van der Waals surface area contributed by atoms with Gasteiger partial charge in [-0.25, -0.2) is 0 Å². The number of carbonyl (C=O) groups is 2. The number of hydrazone groups is 1. The molecule has 30 heavy (non-hydrogen) atoms. The number of nitro benzene ring substituents is 1. The van der Waals surface area contributed by atoms with Crippen LogP contribution in [0.15, 0.2) is 77.9 Å². The van der Waals surface area contributed by atoms with E-state index in [0.29, 0.717) is 5.39 Å². The highest BCUT2D eigenvalue weighted by molar-refractivity contribution is 6.26. The Labute approximate surface area is 170 Å². The first-order chi connectivity index (χ1) is 14.5. The molecule has 0 aliphatic carbocycles. The van der Waals surface area contributed by atoms with E-state index in [2.05, 4.69) is 5.10 Å². The van der Waals surface area contributed by atoms with Crippen molar-refractivity contribution in [2.24, 2.45) is 5.10 Å². The van der Waals surface area contributed by atoms with Crippen LogP contribution >= 0.6 is 0 Å². The number of carbonyl (C=O) groups excluding carboxylic acids is 2. The van der Waals surface area contributed by atoms with Crippen molar-refractivity contribution in [3.05, 3.63) is 99.6 Å². The van der Waals surface area contributed by atoms with Gasteiger partial charge < -0.3 is 0 Å². The third-order valence-corrected chi connectivity index (χ3v) is 5.16. The summed E-state index contributed by atoms with van der Waals surface area (Å²) in [5.41, 5.74) is 1.01. The van der Waals surface area contributed by atoms with E-state index in [-0.39, 0.29) is 22.2 Å². The number of nitro groups is 1. The van der Waals surface area contributed by atoms with Crippen molar-refractivity contribution in [1.82, 2.24) is 5.01 Å². The molecule has 5 rings (SSSR count). The number of non-ortho nitro benzene ring substituents is 1. The highest BCUT2D eigenvalue weighted by atomic mass is 16.6. The maximum Gasteiger partial charge on any atom is 0.282 e. The summed E-state index contributed by atoms with van der Waals surface area (Å²) in [6.45, 7) is 0. The van der Waals surface area contributed by atoms with Crippen molar-refractivity contribution in [2.75, 3.05) is 0 Å². The fourth-order valence-electron chi connectivity index (χ4n) is 3.74. The van der Waals surface area contributed by atoms with Gasteiger partial charge in [0.25, 0.3) is 17.5 Å². The summed E-state index contributed by atoms with van der Waals surface area (Å²) in [5.74, 6) is -1.23. The summed E-state index contributed by atoms with van der Waals surface area (Å²) in [5, 5.41) is 18.9. The summed E-state index contributed by atoms with van der Waals surface area (Å²) in [6, 6.07) is 20.8. The van der Waals surface area contributed by atoms with E-state index in [1.54, 1.807) is 12.1 Å². The molecule has 7 heteroatoms. The molecule has 0 saturated heterocycles. The van der Waals surface area contributed by atoms with E-state index in [9.17, 15) is 19.7 Å². The lowest BCUT2D eigenvalue weighted by molar-refractivity contribution is -0.383. The molecule has 1 aliphatic heterocycles. The number of rotatable bonds is 3. The molecule has 0 saturated carbocycles. The maximum absolute atomic E-state index is 12.9. The van der Waals surface area contributed by atoms with E-state index in [1.807, 2.05) is 42.5 Å². The van der Waals surface area contributed by atoms with Gasteiger partial charge in [0.1, 0.15) is 0 Å². The number of nitrogens with zero attached hydrogens (tertiary/aromatic N) is 3. The topological polar surface area (TPSA) is 92.9 Å². The normalized spacial score (nSPS) is 13.5. The van der Waals surface area contributed by atoms with Gasteiger partial charge in [-0.05, 0) is 40.6 Å². The van der Waals surface area contributed by atoms with Crippen LogP contribution in [0.1, 0.15) is 26.3 Å². The van der Waals surface area contributed by atoms with Gasteiger partial charge in [0.05, 0.1) is 27.7 Å². The molecule has 144 valence electrons. The lowest BCUT2D eigenvalue weighted by Gasteiger charge is -2.23. The number of fused-ring (bicyclic) bond motifs is 1. The molecule has 0 spiro atoms. The Kier molecular flexibility index (Phi) is 3.89. The molecule has 0 fully saturated rings. The van der Waals surface area contributed by atoms with E-state index in [0.717, 1.165) is 21.3 Å². The molecular formula is C23H13N3O4. The van der Waals surface area contributed by atoms with Crippen LogP contribution in [0.4, 0.5) is 5.69 Å². The van der Waals surface area contributed by atoms with E-state index in [1.165, 1.54) is 24.4 Å². The highest BCUT2D eigenvalue weighted by Crippen LogP contribution is 2.35. The predicted octanol–water partition coefficient (Wildman–Crippen LogP) is 4.53. The van der Waals surface area contributed by atoms with Crippen LogP contribution < -0.4 is 0 Å². The second-order valence-corrected chi connectivity index (χ2v) is 6.89. The summed E-state index contributed by atoms with van der Waals surface area (Å²) >= 11 is 0. The van der Waals surface area contributed by atoms with Gasteiger partial charge in [-0.15, -0.1) is 0 Å². The van der Waals surface area contributed by atoms with Crippen LogP contribution in [0.2, 0.25) is 0 Å². The number of benzene rings is 4. The molecule has 0 bridgehead atoms. The van der Waals surface area contributed by atoms with Gasteiger partial charge in [-0.3, -0.25) is 19.7 Å². The Morgan fingerprint density at radius 3 is 2.33 bits per heavy atom. The fourth-order valence-corrected chi connectivity index (χ4v) is 3.74. The second kappa shape index (κ2) is 6.59. The van der Waals surface area contributed by atoms with Crippen molar-refractivity contribution in [3.8, 4) is 0 Å². The van der Waals surface area contributed by atoms with Crippen molar-refractivity contribution in [3.63, 3.8) is 0 Å². The van der Waals surface area contributed by atoms with E-state index < -0.39 is 16.7 Å². The smallest absolute Gasteiger partial charge is 0.267 e. The summed E-state index contributed by atoms with van der Waals surface area (Å²) in [7, 11) is 0. The average molecular weight is 395 g/mol. The Bertz CT molecular complexity index is 1400. The van der Waals surface area contributed by atoms with Crippen LogP contribution in [0.25, 0.3) is 21.5 Å². The Morgan fingerprint density at radius 1 is 0.833 bits per heavy atom. The van der Waals surface area contributed by atoms with Crippen LogP contribution in [0.5, 0.6) is 0 Å². The molecule has 1 heterocycles. The molecule has 0 radical (unpaired) electrons. The third kappa shape index (κ3) is 2.64. The summed E-state index contributed by atoms with van der Waals surface area (Å²) in [4.78, 5) is 36.7. The Morgan fingerprint density at radius 2 is 1.57 bits per heavy atom. The maximum atomic E-state index is 12.9. The van der Waals surface area contributed by atoms with E-state index in [4.69, 9.17) is 0 Å². The monoisotopic (exact) mass is 395 g/mol. The molecule has 1 aliphatic rings. The second-order valence-electron chi connectivity index (χ2n) is 6.89. The molecule has 4 aromatic rings. The average Bonchev–Trinajstić information content (AvgIpc) is 2.76. The summed E-state index contributed by atoms with van der Waals surface area (Å²) in [6.07, 6.45) is 1.46. The predicted molar refractivity (Wildman–Crippen MR) is 113 cm³/mol. The van der Waals surface area contributed by atoms with E-state index >= 15 is 0 Å². The zero-order valence-electron chi connectivity index (χ0n) is 15.5. The Balaban J connectivity index is 1.58. The molecule has 4 aromatic carbocycles. The first-order valence-corrected chi connectivity index (χ1v) is 9.16. The number of hydrogen-bond donors (Lipinski definition) is 0. The van der Waals surface area contributed by atoms with Gasteiger partial charge >= 0.3 is 0 Å². The fraction of sp³-hybridized carbons (Fsp3) is 0. The van der Waals surface area contributed by atoms with Crippen molar-refractivity contribution in [1.29, 1.82) is 0 Å². The minimum atomic E-state index is -0.615. The molecule has 0 unspecified atom stereocenters.